The number of aliphatic hydroxyl groups excluding tert-OH is 3. The number of esters is 2. The first-order valence-corrected chi connectivity index (χ1v) is 8.67. The van der Waals surface area contributed by atoms with Gasteiger partial charge in [0.2, 0.25) is 6.29 Å². The highest BCUT2D eigenvalue weighted by Gasteiger charge is 2.48. The van der Waals surface area contributed by atoms with E-state index < -0.39 is 48.6 Å². The topological polar surface area (TPSA) is 160 Å². The molecule has 1 saturated heterocycles. The predicted octanol–water partition coefficient (Wildman–Crippen LogP) is -0.308. The lowest BCUT2D eigenvalue weighted by molar-refractivity contribution is -0.278. The minimum Gasteiger partial charge on any atom is -0.479 e. The number of aliphatic hydroxyl groups is 3. The van der Waals surface area contributed by atoms with Gasteiger partial charge in [0.25, 0.3) is 0 Å². The number of benzene rings is 1. The van der Waals surface area contributed by atoms with Gasteiger partial charge in [-0.05, 0) is 18.6 Å². The summed E-state index contributed by atoms with van der Waals surface area (Å²) in [6.45, 7) is 2.10. The van der Waals surface area contributed by atoms with E-state index in [1.807, 2.05) is 6.92 Å². The summed E-state index contributed by atoms with van der Waals surface area (Å²) in [4.78, 5) is 35.7. The Labute approximate surface area is 160 Å². The van der Waals surface area contributed by atoms with Crippen molar-refractivity contribution in [1.29, 1.82) is 0 Å². The number of ether oxygens (including phenoxy) is 3. The van der Waals surface area contributed by atoms with Gasteiger partial charge in [-0.2, -0.15) is 0 Å². The molecule has 1 aliphatic heterocycles. The second-order valence-electron chi connectivity index (χ2n) is 6.18. The zero-order valence-corrected chi connectivity index (χ0v) is 15.1. The molecule has 10 nitrogen and oxygen atoms in total. The molecule has 2 rings (SSSR count). The first-order valence-electron chi connectivity index (χ1n) is 8.67. The van der Waals surface area contributed by atoms with Gasteiger partial charge in [-0.15, -0.1) is 0 Å². The monoisotopic (exact) mass is 398 g/mol. The van der Waals surface area contributed by atoms with Crippen molar-refractivity contribution in [2.45, 2.75) is 50.5 Å². The van der Waals surface area contributed by atoms with Gasteiger partial charge in [-0.1, -0.05) is 25.5 Å². The highest BCUT2D eigenvalue weighted by molar-refractivity contribution is 6.03. The Bertz CT molecular complexity index is 718. The van der Waals surface area contributed by atoms with E-state index in [0.717, 1.165) is 6.42 Å². The molecule has 4 N–H and O–H groups in total. The first kappa shape index (κ1) is 21.8. The lowest BCUT2D eigenvalue weighted by Crippen LogP contribution is -2.60. The number of carbonyl (C=O) groups is 3. The van der Waals surface area contributed by atoms with Gasteiger partial charge in [0, 0.05) is 0 Å². The van der Waals surface area contributed by atoms with E-state index in [2.05, 4.69) is 0 Å². The number of unbranched alkanes of at least 4 members (excludes halogenated alkanes) is 1. The van der Waals surface area contributed by atoms with Gasteiger partial charge in [0.15, 0.2) is 6.10 Å². The number of hydrogen-bond donors (Lipinski definition) is 4. The Morgan fingerprint density at radius 3 is 2.18 bits per heavy atom. The molecule has 5 atom stereocenters. The minimum absolute atomic E-state index is 0.0794. The molecule has 1 aromatic rings. The third kappa shape index (κ3) is 4.84. The largest absolute Gasteiger partial charge is 0.479 e. The summed E-state index contributed by atoms with van der Waals surface area (Å²) in [6, 6.07) is 5.62. The van der Waals surface area contributed by atoms with E-state index >= 15 is 0 Å². The number of carboxylic acid groups (broad SMARTS) is 1. The summed E-state index contributed by atoms with van der Waals surface area (Å²) in [5, 5.41) is 38.4. The van der Waals surface area contributed by atoms with Crippen LogP contribution in [0.2, 0.25) is 0 Å². The Balaban J connectivity index is 2.16. The van der Waals surface area contributed by atoms with Gasteiger partial charge in [0.05, 0.1) is 17.7 Å². The lowest BCUT2D eigenvalue weighted by Gasteiger charge is -2.37. The molecule has 0 saturated carbocycles. The summed E-state index contributed by atoms with van der Waals surface area (Å²) in [5.74, 6) is -3.45. The molecule has 0 aromatic heterocycles. The van der Waals surface area contributed by atoms with Crippen molar-refractivity contribution in [3.63, 3.8) is 0 Å². The molecule has 1 aliphatic rings. The van der Waals surface area contributed by atoms with Gasteiger partial charge < -0.3 is 34.6 Å². The zero-order chi connectivity index (χ0) is 20.8. The molecular weight excluding hydrogens is 376 g/mol. The Hall–Kier alpha value is -2.53. The summed E-state index contributed by atoms with van der Waals surface area (Å²) in [5.41, 5.74) is -0.267. The lowest BCUT2D eigenvalue weighted by atomic mass is 9.99. The first-order chi connectivity index (χ1) is 13.3. The third-order valence-electron chi connectivity index (χ3n) is 4.13. The van der Waals surface area contributed by atoms with E-state index in [4.69, 9.17) is 19.3 Å². The van der Waals surface area contributed by atoms with Crippen LogP contribution in [0.5, 0.6) is 0 Å². The summed E-state index contributed by atoms with van der Waals surface area (Å²) in [6.07, 6.45) is -8.03. The average Bonchev–Trinajstić information content (AvgIpc) is 2.68. The molecule has 0 spiro atoms. The third-order valence-corrected chi connectivity index (χ3v) is 4.13. The van der Waals surface area contributed by atoms with Gasteiger partial charge in [-0.3, -0.25) is 0 Å². The van der Waals surface area contributed by atoms with Crippen molar-refractivity contribution in [2.24, 2.45) is 0 Å². The van der Waals surface area contributed by atoms with Gasteiger partial charge in [-0.25, -0.2) is 14.4 Å². The van der Waals surface area contributed by atoms with Crippen molar-refractivity contribution in [2.75, 3.05) is 6.61 Å². The molecule has 0 bridgehead atoms. The maximum atomic E-state index is 12.5. The molecule has 154 valence electrons. The summed E-state index contributed by atoms with van der Waals surface area (Å²) < 4.78 is 14.9. The van der Waals surface area contributed by atoms with Crippen LogP contribution in [-0.4, -0.2) is 75.6 Å². The van der Waals surface area contributed by atoms with Crippen LogP contribution in [0.3, 0.4) is 0 Å². The fraction of sp³-hybridized carbons (Fsp3) is 0.500. The van der Waals surface area contributed by atoms with Gasteiger partial charge in [0.1, 0.15) is 18.3 Å². The number of aliphatic carboxylic acids is 1. The zero-order valence-electron chi connectivity index (χ0n) is 15.1. The molecule has 1 aromatic carbocycles. The minimum atomic E-state index is -1.91. The Morgan fingerprint density at radius 2 is 1.61 bits per heavy atom. The van der Waals surface area contributed by atoms with Crippen LogP contribution >= 0.6 is 0 Å². The van der Waals surface area contributed by atoms with Crippen molar-refractivity contribution >= 4 is 17.9 Å². The van der Waals surface area contributed by atoms with E-state index in [-0.39, 0.29) is 17.7 Å². The Morgan fingerprint density at radius 1 is 1.00 bits per heavy atom. The number of hydrogen-bond acceptors (Lipinski definition) is 9. The number of rotatable bonds is 7. The van der Waals surface area contributed by atoms with Crippen molar-refractivity contribution in [3.8, 4) is 0 Å². The highest BCUT2D eigenvalue weighted by atomic mass is 16.7. The Kier molecular flexibility index (Phi) is 7.46. The fourth-order valence-electron chi connectivity index (χ4n) is 2.54. The van der Waals surface area contributed by atoms with Crippen LogP contribution < -0.4 is 0 Å². The smallest absolute Gasteiger partial charge is 0.341 e. The van der Waals surface area contributed by atoms with Crippen LogP contribution in [0.25, 0.3) is 0 Å². The predicted molar refractivity (Wildman–Crippen MR) is 91.4 cm³/mol. The number of carboxylic acids is 1. The summed E-state index contributed by atoms with van der Waals surface area (Å²) >= 11 is 0. The second kappa shape index (κ2) is 9.60. The van der Waals surface area contributed by atoms with E-state index in [9.17, 15) is 29.7 Å². The van der Waals surface area contributed by atoms with E-state index in [0.29, 0.717) is 6.42 Å². The normalized spacial score (nSPS) is 27.1. The van der Waals surface area contributed by atoms with Crippen LogP contribution in [0, 0.1) is 0 Å². The molecule has 0 amide bonds. The number of carbonyl (C=O) groups excluding carboxylic acids is 2. The SMILES string of the molecule is CCCCOC(=O)c1ccccc1C(=O)OC1OC(C(=O)O)C(O)C(O)C1O. The maximum Gasteiger partial charge on any atom is 0.341 e. The van der Waals surface area contributed by atoms with Gasteiger partial charge >= 0.3 is 17.9 Å². The van der Waals surface area contributed by atoms with Crippen LogP contribution in [0.15, 0.2) is 24.3 Å². The molecule has 0 radical (unpaired) electrons. The second-order valence-corrected chi connectivity index (χ2v) is 6.18. The van der Waals surface area contributed by atoms with Crippen LogP contribution in [0.4, 0.5) is 0 Å². The molecule has 10 heteroatoms. The van der Waals surface area contributed by atoms with Crippen LogP contribution in [-0.2, 0) is 19.0 Å². The van der Waals surface area contributed by atoms with Crippen molar-refractivity contribution in [1.82, 2.24) is 0 Å². The van der Waals surface area contributed by atoms with E-state index in [1.165, 1.54) is 24.3 Å². The van der Waals surface area contributed by atoms with E-state index in [1.54, 1.807) is 0 Å². The molecule has 28 heavy (non-hydrogen) atoms. The average molecular weight is 398 g/mol. The van der Waals surface area contributed by atoms with Crippen molar-refractivity contribution in [3.05, 3.63) is 35.4 Å². The molecule has 5 unspecified atom stereocenters. The maximum absolute atomic E-state index is 12.5. The fourth-order valence-corrected chi connectivity index (χ4v) is 2.54. The molecular formula is C18H22O10. The molecule has 0 aliphatic carbocycles. The van der Waals surface area contributed by atoms with Crippen molar-refractivity contribution < 1.29 is 49.0 Å². The summed E-state index contributed by atoms with van der Waals surface area (Å²) in [7, 11) is 0. The molecule has 1 fully saturated rings. The van der Waals surface area contributed by atoms with Crippen LogP contribution in [0.1, 0.15) is 40.5 Å². The quantitative estimate of drug-likeness (QED) is 0.354. The standard InChI is InChI=1S/C18H22O10/c1-2-3-8-26-16(24)9-6-4-5-7-10(9)17(25)28-18-13(21)11(19)12(20)14(27-18)15(22)23/h4-7,11-14,18-21H,2-3,8H2,1H3,(H,22,23). The highest BCUT2D eigenvalue weighted by Crippen LogP contribution is 2.24. The molecule has 1 heterocycles.